The van der Waals surface area contributed by atoms with Gasteiger partial charge in [0.05, 0.1) is 18.3 Å². The summed E-state index contributed by atoms with van der Waals surface area (Å²) in [5, 5.41) is 10.7. The summed E-state index contributed by atoms with van der Waals surface area (Å²) in [7, 11) is -3.56. The lowest BCUT2D eigenvalue weighted by Crippen LogP contribution is -2.50. The van der Waals surface area contributed by atoms with Crippen molar-refractivity contribution in [2.75, 3.05) is 0 Å². The van der Waals surface area contributed by atoms with Crippen molar-refractivity contribution in [1.82, 2.24) is 0 Å². The van der Waals surface area contributed by atoms with Gasteiger partial charge in [-0.2, -0.15) is 0 Å². The molecular weight excluding hydrogens is 332 g/mol. The van der Waals surface area contributed by atoms with Gasteiger partial charge < -0.3 is 14.0 Å². The number of aliphatic hydroxyl groups excluding tert-OH is 1. The highest BCUT2D eigenvalue weighted by atomic mass is 28.4. The lowest BCUT2D eigenvalue weighted by atomic mass is 9.89. The normalized spacial score (nSPS) is 26.7. The predicted molar refractivity (Wildman–Crippen MR) is 109 cm³/mol. The Bertz CT molecular complexity index is 417. The molecule has 0 unspecified atom stereocenters. The second kappa shape index (κ2) is 8.17. The average Bonchev–Trinajstić information content (AvgIpc) is 2.48. The van der Waals surface area contributed by atoms with E-state index in [0.717, 1.165) is 30.1 Å². The zero-order valence-corrected chi connectivity index (χ0v) is 19.2. The first kappa shape index (κ1) is 22.1. The maximum absolute atomic E-state index is 10.5. The maximum atomic E-state index is 10.5. The van der Waals surface area contributed by atoms with Crippen molar-refractivity contribution >= 4 is 16.6 Å². The van der Waals surface area contributed by atoms with Crippen LogP contribution in [-0.2, 0) is 8.85 Å². The molecule has 0 amide bonds. The Morgan fingerprint density at radius 2 is 1.54 bits per heavy atom. The van der Waals surface area contributed by atoms with Gasteiger partial charge in [0.1, 0.15) is 0 Å². The zero-order chi connectivity index (χ0) is 18.8. The molecule has 5 heteroatoms. The minimum atomic E-state index is -1.89. The van der Waals surface area contributed by atoms with Gasteiger partial charge in [-0.1, -0.05) is 48.1 Å². The molecule has 0 aliphatic heterocycles. The SMILES string of the molecule is C=C1[C@@H](O)C[C@H](O[Si](CC)(CC)CC)C[C@H]1O[Si](C)(C)C(C)(C)C. The Hall–Kier alpha value is 0.0538. The van der Waals surface area contributed by atoms with Gasteiger partial charge in [-0.05, 0) is 41.8 Å². The third kappa shape index (κ3) is 5.04. The van der Waals surface area contributed by atoms with Gasteiger partial charge in [-0.25, -0.2) is 0 Å². The Balaban J connectivity index is 2.90. The molecule has 1 aliphatic carbocycles. The lowest BCUT2D eigenvalue weighted by molar-refractivity contribution is 0.0280. The largest absolute Gasteiger partial charge is 0.414 e. The molecule has 0 aromatic heterocycles. The van der Waals surface area contributed by atoms with Crippen LogP contribution < -0.4 is 0 Å². The number of rotatable bonds is 7. The quantitative estimate of drug-likeness (QED) is 0.475. The molecule has 1 saturated carbocycles. The Labute approximate surface area is 152 Å². The first-order chi connectivity index (χ1) is 10.9. The Kier molecular flexibility index (Phi) is 7.52. The second-order valence-electron chi connectivity index (χ2n) is 8.91. The van der Waals surface area contributed by atoms with Crippen LogP contribution in [0.2, 0.25) is 36.3 Å². The fraction of sp³-hybridized carbons (Fsp3) is 0.895. The first-order valence-electron chi connectivity index (χ1n) is 9.63. The average molecular weight is 373 g/mol. The monoisotopic (exact) mass is 372 g/mol. The van der Waals surface area contributed by atoms with Gasteiger partial charge in [0.15, 0.2) is 16.6 Å². The summed E-state index contributed by atoms with van der Waals surface area (Å²) < 4.78 is 13.2. The van der Waals surface area contributed by atoms with Gasteiger partial charge in [0, 0.05) is 12.8 Å². The van der Waals surface area contributed by atoms with Crippen LogP contribution in [0.5, 0.6) is 0 Å². The molecule has 24 heavy (non-hydrogen) atoms. The summed E-state index contributed by atoms with van der Waals surface area (Å²) in [5.74, 6) is 0. The molecule has 0 aromatic rings. The number of hydrogen-bond acceptors (Lipinski definition) is 3. The van der Waals surface area contributed by atoms with Crippen LogP contribution in [0.25, 0.3) is 0 Å². The molecule has 1 fully saturated rings. The highest BCUT2D eigenvalue weighted by Crippen LogP contribution is 2.41. The van der Waals surface area contributed by atoms with Gasteiger partial charge >= 0.3 is 0 Å². The third-order valence-electron chi connectivity index (χ3n) is 6.40. The molecule has 1 N–H and O–H groups in total. The first-order valence-corrected chi connectivity index (χ1v) is 15.1. The van der Waals surface area contributed by atoms with Crippen LogP contribution in [0, 0.1) is 0 Å². The van der Waals surface area contributed by atoms with Crippen molar-refractivity contribution in [1.29, 1.82) is 0 Å². The molecule has 1 aliphatic rings. The van der Waals surface area contributed by atoms with Crippen molar-refractivity contribution in [3.63, 3.8) is 0 Å². The van der Waals surface area contributed by atoms with E-state index in [-0.39, 0.29) is 17.2 Å². The topological polar surface area (TPSA) is 38.7 Å². The van der Waals surface area contributed by atoms with Gasteiger partial charge in [-0.3, -0.25) is 0 Å². The molecule has 0 bridgehead atoms. The van der Waals surface area contributed by atoms with Gasteiger partial charge in [0.25, 0.3) is 0 Å². The van der Waals surface area contributed by atoms with Crippen molar-refractivity contribution in [2.45, 2.75) is 109 Å². The number of aliphatic hydroxyl groups is 1. The van der Waals surface area contributed by atoms with Crippen LogP contribution in [0.1, 0.15) is 54.4 Å². The Morgan fingerprint density at radius 1 is 1.04 bits per heavy atom. The van der Waals surface area contributed by atoms with Crippen LogP contribution in [0.3, 0.4) is 0 Å². The fourth-order valence-corrected chi connectivity index (χ4v) is 7.42. The fourth-order valence-electron chi connectivity index (χ4n) is 3.21. The molecular formula is C19H40O3Si2. The highest BCUT2D eigenvalue weighted by Gasteiger charge is 2.43. The Morgan fingerprint density at radius 3 is 1.96 bits per heavy atom. The molecule has 0 aromatic carbocycles. The summed E-state index contributed by atoms with van der Waals surface area (Å²) in [4.78, 5) is 0. The van der Waals surface area contributed by atoms with E-state index < -0.39 is 22.7 Å². The molecule has 3 atom stereocenters. The lowest BCUT2D eigenvalue weighted by Gasteiger charge is -2.45. The zero-order valence-electron chi connectivity index (χ0n) is 17.2. The van der Waals surface area contributed by atoms with Crippen LogP contribution in [0.15, 0.2) is 12.2 Å². The minimum absolute atomic E-state index is 0.0723. The van der Waals surface area contributed by atoms with E-state index >= 15 is 0 Å². The standard InChI is InChI=1S/C19H40O3Si2/c1-10-24(11-2,12-3)21-16-13-17(20)15(4)18(14-16)22-23(8,9)19(5,6)7/h16-18,20H,4,10-14H2,1-3,5-9H3/t16-,17-,18+/m0/s1. The highest BCUT2D eigenvalue weighted by molar-refractivity contribution is 6.74. The van der Waals surface area contributed by atoms with Crippen molar-refractivity contribution in [3.05, 3.63) is 12.2 Å². The van der Waals surface area contributed by atoms with E-state index in [2.05, 4.69) is 61.2 Å². The smallest absolute Gasteiger partial charge is 0.192 e. The van der Waals surface area contributed by atoms with Crippen molar-refractivity contribution in [3.8, 4) is 0 Å². The summed E-state index contributed by atoms with van der Waals surface area (Å²) in [6, 6.07) is 3.42. The van der Waals surface area contributed by atoms with Crippen LogP contribution >= 0.6 is 0 Å². The van der Waals surface area contributed by atoms with Gasteiger partial charge in [0.2, 0.25) is 0 Å². The molecule has 0 spiro atoms. The molecule has 142 valence electrons. The molecule has 3 nitrogen and oxygen atoms in total. The minimum Gasteiger partial charge on any atom is -0.414 e. The molecule has 0 saturated heterocycles. The van der Waals surface area contributed by atoms with E-state index in [9.17, 15) is 5.11 Å². The van der Waals surface area contributed by atoms with E-state index in [0.29, 0.717) is 6.42 Å². The van der Waals surface area contributed by atoms with E-state index in [1.165, 1.54) is 0 Å². The summed E-state index contributed by atoms with van der Waals surface area (Å²) in [6.45, 7) is 22.2. The van der Waals surface area contributed by atoms with E-state index in [1.54, 1.807) is 0 Å². The van der Waals surface area contributed by atoms with Crippen LogP contribution in [0.4, 0.5) is 0 Å². The molecule has 1 rings (SSSR count). The molecule has 0 heterocycles. The third-order valence-corrected chi connectivity index (χ3v) is 15.6. The van der Waals surface area contributed by atoms with Crippen molar-refractivity contribution in [2.24, 2.45) is 0 Å². The van der Waals surface area contributed by atoms with E-state index in [4.69, 9.17) is 8.85 Å². The molecule has 0 radical (unpaired) electrons. The summed E-state index contributed by atoms with van der Waals surface area (Å²) in [6.07, 6.45) is 1.04. The van der Waals surface area contributed by atoms with Crippen LogP contribution in [-0.4, -0.2) is 40.1 Å². The second-order valence-corrected chi connectivity index (χ2v) is 18.4. The van der Waals surface area contributed by atoms with Gasteiger partial charge in [-0.15, -0.1) is 0 Å². The summed E-state index contributed by atoms with van der Waals surface area (Å²) >= 11 is 0. The summed E-state index contributed by atoms with van der Waals surface area (Å²) in [5.41, 5.74) is 0.844. The maximum Gasteiger partial charge on any atom is 0.192 e. The number of hydrogen-bond donors (Lipinski definition) is 1. The van der Waals surface area contributed by atoms with E-state index in [1.807, 2.05) is 0 Å². The van der Waals surface area contributed by atoms with Crippen molar-refractivity contribution < 1.29 is 14.0 Å². The predicted octanol–water partition coefficient (Wildman–Crippen LogP) is 5.48.